The molecule has 0 spiro atoms. The number of aromatic nitrogens is 1. The van der Waals surface area contributed by atoms with Crippen molar-refractivity contribution < 1.29 is 4.79 Å². The minimum atomic E-state index is 0.0956. The standard InChI is InChI=1S/C15H26N4O/c1-11(2)19-10-13(16)8-14(19)15(20)18-7-5-6-17(4)9-12(18)3/h8,10-12H,5-7,9,16H2,1-4H3. The zero-order valence-corrected chi connectivity index (χ0v) is 13.0. The summed E-state index contributed by atoms with van der Waals surface area (Å²) in [6.07, 6.45) is 2.87. The fourth-order valence-corrected chi connectivity index (χ4v) is 2.92. The summed E-state index contributed by atoms with van der Waals surface area (Å²) in [6.45, 7) is 9.02. The Hall–Kier alpha value is -1.49. The van der Waals surface area contributed by atoms with Gasteiger partial charge in [-0.2, -0.15) is 0 Å². The monoisotopic (exact) mass is 278 g/mol. The van der Waals surface area contributed by atoms with Crippen molar-refractivity contribution >= 4 is 11.6 Å². The lowest BCUT2D eigenvalue weighted by molar-refractivity contribution is 0.0684. The van der Waals surface area contributed by atoms with Crippen LogP contribution in [0.4, 0.5) is 5.69 Å². The number of carbonyl (C=O) groups excluding carboxylic acids is 1. The molecule has 0 saturated carbocycles. The van der Waals surface area contributed by atoms with E-state index in [1.165, 1.54) is 0 Å². The second-order valence-corrected chi connectivity index (χ2v) is 6.12. The van der Waals surface area contributed by atoms with Crippen LogP contribution in [-0.4, -0.2) is 53.0 Å². The van der Waals surface area contributed by atoms with E-state index in [0.29, 0.717) is 11.4 Å². The summed E-state index contributed by atoms with van der Waals surface area (Å²) in [6, 6.07) is 2.26. The molecule has 2 heterocycles. The first kappa shape index (κ1) is 14.9. The molecule has 1 aliphatic rings. The third-order valence-electron chi connectivity index (χ3n) is 3.95. The average molecular weight is 278 g/mol. The molecule has 112 valence electrons. The van der Waals surface area contributed by atoms with Crippen molar-refractivity contribution in [3.8, 4) is 0 Å². The van der Waals surface area contributed by atoms with Crippen LogP contribution in [0.5, 0.6) is 0 Å². The predicted molar refractivity (Wildman–Crippen MR) is 81.8 cm³/mol. The van der Waals surface area contributed by atoms with E-state index in [1.54, 1.807) is 6.07 Å². The van der Waals surface area contributed by atoms with Crippen LogP contribution < -0.4 is 5.73 Å². The molecule has 0 aromatic carbocycles. The lowest BCUT2D eigenvalue weighted by Crippen LogP contribution is -2.42. The third-order valence-corrected chi connectivity index (χ3v) is 3.95. The maximum absolute atomic E-state index is 12.8. The van der Waals surface area contributed by atoms with Crippen LogP contribution in [0.25, 0.3) is 0 Å². The highest BCUT2D eigenvalue weighted by Gasteiger charge is 2.27. The van der Waals surface area contributed by atoms with Gasteiger partial charge >= 0.3 is 0 Å². The van der Waals surface area contributed by atoms with Gasteiger partial charge < -0.3 is 20.1 Å². The minimum Gasteiger partial charge on any atom is -0.397 e. The van der Waals surface area contributed by atoms with Crippen molar-refractivity contribution in [1.29, 1.82) is 0 Å². The van der Waals surface area contributed by atoms with E-state index in [9.17, 15) is 4.79 Å². The molecule has 1 fully saturated rings. The molecule has 5 nitrogen and oxygen atoms in total. The van der Waals surface area contributed by atoms with Gasteiger partial charge in [0, 0.05) is 31.4 Å². The first-order valence-electron chi connectivity index (χ1n) is 7.37. The number of hydrogen-bond donors (Lipinski definition) is 1. The van der Waals surface area contributed by atoms with E-state index in [2.05, 4.69) is 32.7 Å². The highest BCUT2D eigenvalue weighted by atomic mass is 16.2. The molecule has 1 unspecified atom stereocenters. The molecule has 1 saturated heterocycles. The van der Waals surface area contributed by atoms with Crippen molar-refractivity contribution in [3.05, 3.63) is 18.0 Å². The molecule has 1 aromatic rings. The Bertz CT molecular complexity index is 480. The van der Waals surface area contributed by atoms with Crippen LogP contribution in [0.2, 0.25) is 0 Å². The van der Waals surface area contributed by atoms with Crippen molar-refractivity contribution in [2.75, 3.05) is 32.4 Å². The van der Waals surface area contributed by atoms with Crippen LogP contribution in [0.3, 0.4) is 0 Å². The zero-order valence-electron chi connectivity index (χ0n) is 13.0. The van der Waals surface area contributed by atoms with Gasteiger partial charge in [-0.15, -0.1) is 0 Å². The van der Waals surface area contributed by atoms with Crippen molar-refractivity contribution in [1.82, 2.24) is 14.4 Å². The highest BCUT2D eigenvalue weighted by molar-refractivity contribution is 5.94. The van der Waals surface area contributed by atoms with Crippen LogP contribution in [0.1, 0.15) is 43.7 Å². The van der Waals surface area contributed by atoms with Gasteiger partial charge in [0.2, 0.25) is 0 Å². The maximum atomic E-state index is 12.8. The van der Waals surface area contributed by atoms with E-state index in [0.717, 1.165) is 26.1 Å². The molecule has 0 radical (unpaired) electrons. The molecule has 20 heavy (non-hydrogen) atoms. The molecule has 1 aromatic heterocycles. The summed E-state index contributed by atoms with van der Waals surface area (Å²) in [5.41, 5.74) is 7.23. The van der Waals surface area contributed by atoms with E-state index in [-0.39, 0.29) is 18.0 Å². The number of nitrogen functional groups attached to an aromatic ring is 1. The minimum absolute atomic E-state index is 0.0956. The van der Waals surface area contributed by atoms with E-state index in [4.69, 9.17) is 5.73 Å². The summed E-state index contributed by atoms with van der Waals surface area (Å²) in [5.74, 6) is 0.0956. The Labute approximate surface area is 121 Å². The molecule has 5 heteroatoms. The molecular weight excluding hydrogens is 252 g/mol. The van der Waals surface area contributed by atoms with Gasteiger partial charge in [-0.3, -0.25) is 4.79 Å². The molecule has 2 rings (SSSR count). The number of anilines is 1. The molecule has 2 N–H and O–H groups in total. The lowest BCUT2D eigenvalue weighted by atomic mass is 10.2. The van der Waals surface area contributed by atoms with Crippen LogP contribution in [0, 0.1) is 0 Å². The van der Waals surface area contributed by atoms with Crippen LogP contribution in [-0.2, 0) is 0 Å². The van der Waals surface area contributed by atoms with Gasteiger partial charge in [0.05, 0.1) is 5.69 Å². The van der Waals surface area contributed by atoms with Gasteiger partial charge in [0.25, 0.3) is 5.91 Å². The molecule has 1 atom stereocenters. The Morgan fingerprint density at radius 3 is 2.75 bits per heavy atom. The first-order valence-corrected chi connectivity index (χ1v) is 7.37. The Balaban J connectivity index is 2.26. The number of nitrogens with zero attached hydrogens (tertiary/aromatic N) is 3. The molecule has 1 amide bonds. The number of hydrogen-bond acceptors (Lipinski definition) is 3. The zero-order chi connectivity index (χ0) is 14.9. The summed E-state index contributed by atoms with van der Waals surface area (Å²) in [4.78, 5) is 17.1. The normalized spacial score (nSPS) is 21.2. The third kappa shape index (κ3) is 2.98. The Morgan fingerprint density at radius 2 is 2.10 bits per heavy atom. The number of amides is 1. The largest absolute Gasteiger partial charge is 0.397 e. The maximum Gasteiger partial charge on any atom is 0.270 e. The SMILES string of the molecule is CC1CN(C)CCCN1C(=O)c1cc(N)cn1C(C)C. The topological polar surface area (TPSA) is 54.5 Å². The van der Waals surface area contributed by atoms with E-state index >= 15 is 0 Å². The van der Waals surface area contributed by atoms with Crippen molar-refractivity contribution in [2.24, 2.45) is 0 Å². The van der Waals surface area contributed by atoms with Gasteiger partial charge in [0.15, 0.2) is 0 Å². The van der Waals surface area contributed by atoms with Crippen LogP contribution >= 0.6 is 0 Å². The lowest BCUT2D eigenvalue weighted by Gasteiger charge is -2.28. The molecule has 0 bridgehead atoms. The second kappa shape index (κ2) is 5.87. The van der Waals surface area contributed by atoms with Gasteiger partial charge in [0.1, 0.15) is 5.69 Å². The molecular formula is C15H26N4O. The summed E-state index contributed by atoms with van der Waals surface area (Å²) in [7, 11) is 2.11. The van der Waals surface area contributed by atoms with Crippen LogP contribution in [0.15, 0.2) is 12.3 Å². The first-order chi connectivity index (χ1) is 9.40. The number of nitrogens with two attached hydrogens (primary N) is 1. The Morgan fingerprint density at radius 1 is 1.40 bits per heavy atom. The highest BCUT2D eigenvalue weighted by Crippen LogP contribution is 2.20. The number of rotatable bonds is 2. The van der Waals surface area contributed by atoms with Gasteiger partial charge in [-0.1, -0.05) is 0 Å². The summed E-state index contributed by atoms with van der Waals surface area (Å²) < 4.78 is 1.97. The van der Waals surface area contributed by atoms with Crippen molar-refractivity contribution in [2.45, 2.75) is 39.3 Å². The fraction of sp³-hybridized carbons (Fsp3) is 0.667. The fourth-order valence-electron chi connectivity index (χ4n) is 2.92. The van der Waals surface area contributed by atoms with Gasteiger partial charge in [-0.25, -0.2) is 0 Å². The predicted octanol–water partition coefficient (Wildman–Crippen LogP) is 1.82. The summed E-state index contributed by atoms with van der Waals surface area (Å²) in [5, 5.41) is 0. The van der Waals surface area contributed by atoms with E-state index < -0.39 is 0 Å². The van der Waals surface area contributed by atoms with Crippen molar-refractivity contribution in [3.63, 3.8) is 0 Å². The quantitative estimate of drug-likeness (QED) is 0.898. The van der Waals surface area contributed by atoms with Gasteiger partial charge in [-0.05, 0) is 46.9 Å². The molecule has 1 aliphatic heterocycles. The molecule has 0 aliphatic carbocycles. The summed E-state index contributed by atoms with van der Waals surface area (Å²) >= 11 is 0. The number of carbonyl (C=O) groups is 1. The Kier molecular flexibility index (Phi) is 4.38. The second-order valence-electron chi connectivity index (χ2n) is 6.12. The average Bonchev–Trinajstić information content (AvgIpc) is 2.67. The smallest absolute Gasteiger partial charge is 0.270 e. The van der Waals surface area contributed by atoms with E-state index in [1.807, 2.05) is 15.7 Å². The number of likely N-dealkylation sites (N-methyl/N-ethyl adjacent to an activating group) is 1.